The van der Waals surface area contributed by atoms with E-state index in [9.17, 15) is 4.79 Å². The fourth-order valence-electron chi connectivity index (χ4n) is 1.57. The van der Waals surface area contributed by atoms with Gasteiger partial charge in [0.2, 0.25) is 5.88 Å². The van der Waals surface area contributed by atoms with Crippen molar-refractivity contribution in [2.75, 3.05) is 13.2 Å². The molecule has 2 rings (SSSR count). The van der Waals surface area contributed by atoms with Crippen LogP contribution in [0.2, 0.25) is 0 Å². The summed E-state index contributed by atoms with van der Waals surface area (Å²) in [4.78, 5) is 19.0. The van der Waals surface area contributed by atoms with Crippen LogP contribution in [0.3, 0.4) is 0 Å². The third kappa shape index (κ3) is 2.22. The summed E-state index contributed by atoms with van der Waals surface area (Å²) in [5.74, 6) is -0.104. The number of aromatic nitrogens is 2. The molecule has 0 atom stereocenters. The van der Waals surface area contributed by atoms with Crippen LogP contribution in [0.1, 0.15) is 24.2 Å². The van der Waals surface area contributed by atoms with Gasteiger partial charge in [-0.15, -0.1) is 0 Å². The van der Waals surface area contributed by atoms with Crippen molar-refractivity contribution in [2.45, 2.75) is 13.8 Å². The third-order valence-corrected chi connectivity index (χ3v) is 2.28. The first-order valence-electron chi connectivity index (χ1n) is 5.54. The van der Waals surface area contributed by atoms with Gasteiger partial charge in [-0.2, -0.15) is 4.98 Å². The lowest BCUT2D eigenvalue weighted by Crippen LogP contribution is -2.09. The Hall–Kier alpha value is -2.04. The second-order valence-corrected chi connectivity index (χ2v) is 3.41. The molecule has 0 saturated carbocycles. The summed E-state index contributed by atoms with van der Waals surface area (Å²) in [5.41, 5.74) is 1.06. The minimum Gasteiger partial charge on any atom is -0.477 e. The van der Waals surface area contributed by atoms with Crippen molar-refractivity contribution in [3.05, 3.63) is 23.9 Å². The molecule has 0 radical (unpaired) electrons. The molecule has 0 saturated heterocycles. The third-order valence-electron chi connectivity index (χ3n) is 2.28. The van der Waals surface area contributed by atoms with Crippen LogP contribution >= 0.6 is 0 Å². The second-order valence-electron chi connectivity index (χ2n) is 3.41. The molecule has 5 heteroatoms. The molecule has 0 bridgehead atoms. The van der Waals surface area contributed by atoms with Gasteiger partial charge in [0.15, 0.2) is 0 Å². The number of nitrogens with zero attached hydrogens (tertiary/aromatic N) is 1. The predicted octanol–water partition coefficient (Wildman–Crippen LogP) is 2.14. The van der Waals surface area contributed by atoms with Crippen molar-refractivity contribution in [3.8, 4) is 5.88 Å². The van der Waals surface area contributed by atoms with Gasteiger partial charge in [0, 0.05) is 11.6 Å². The van der Waals surface area contributed by atoms with Crippen LogP contribution in [0, 0.1) is 0 Å². The zero-order valence-electron chi connectivity index (χ0n) is 9.82. The van der Waals surface area contributed by atoms with E-state index in [0.717, 1.165) is 5.39 Å². The van der Waals surface area contributed by atoms with E-state index in [0.29, 0.717) is 30.3 Å². The number of nitrogens with one attached hydrogen (secondary N) is 1. The van der Waals surface area contributed by atoms with Gasteiger partial charge in [0.05, 0.1) is 13.2 Å². The molecule has 0 aliphatic carbocycles. The summed E-state index contributed by atoms with van der Waals surface area (Å²) in [6.07, 6.45) is 1.77. The van der Waals surface area contributed by atoms with E-state index >= 15 is 0 Å². The molecule has 0 aliphatic rings. The lowest BCUT2D eigenvalue weighted by molar-refractivity contribution is 0.0521. The first-order valence-corrected chi connectivity index (χ1v) is 5.54. The maximum atomic E-state index is 11.8. The summed E-state index contributed by atoms with van der Waals surface area (Å²) in [7, 11) is 0. The smallest absolute Gasteiger partial charge is 0.343 e. The average Bonchev–Trinajstić information content (AvgIpc) is 2.75. The van der Waals surface area contributed by atoms with Crippen LogP contribution in [-0.4, -0.2) is 29.2 Å². The number of aromatic amines is 1. The van der Waals surface area contributed by atoms with Crippen molar-refractivity contribution in [1.82, 2.24) is 9.97 Å². The van der Waals surface area contributed by atoms with Crippen LogP contribution in [0.15, 0.2) is 18.3 Å². The van der Waals surface area contributed by atoms with Crippen molar-refractivity contribution < 1.29 is 14.3 Å². The Balaban J connectivity index is 2.48. The fraction of sp³-hybridized carbons (Fsp3) is 0.333. The largest absolute Gasteiger partial charge is 0.477 e. The topological polar surface area (TPSA) is 64.2 Å². The van der Waals surface area contributed by atoms with E-state index in [-0.39, 0.29) is 0 Å². The molecular weight excluding hydrogens is 220 g/mol. The van der Waals surface area contributed by atoms with Gasteiger partial charge in [-0.3, -0.25) is 0 Å². The minimum absolute atomic E-state index is 0.306. The molecule has 5 nitrogen and oxygen atoms in total. The Kier molecular flexibility index (Phi) is 3.27. The molecule has 0 aromatic carbocycles. The first-order chi connectivity index (χ1) is 8.26. The van der Waals surface area contributed by atoms with Crippen molar-refractivity contribution in [1.29, 1.82) is 0 Å². The van der Waals surface area contributed by atoms with E-state index in [4.69, 9.17) is 9.47 Å². The standard InChI is InChI=1S/C12H14N2O3/c1-3-16-11-9(12(15)17-4-2)7-8-5-6-13-10(8)14-11/h5-7H,3-4H2,1-2H3,(H,13,14). The van der Waals surface area contributed by atoms with E-state index in [2.05, 4.69) is 9.97 Å². The highest BCUT2D eigenvalue weighted by atomic mass is 16.5. The Morgan fingerprint density at radius 3 is 2.94 bits per heavy atom. The molecule has 1 N–H and O–H groups in total. The average molecular weight is 234 g/mol. The minimum atomic E-state index is -0.411. The molecule has 0 unspecified atom stereocenters. The SMILES string of the molecule is CCOC(=O)c1cc2cc[nH]c2nc1OCC. The van der Waals surface area contributed by atoms with Gasteiger partial charge in [-0.25, -0.2) is 4.79 Å². The van der Waals surface area contributed by atoms with Crippen LogP contribution in [0.5, 0.6) is 5.88 Å². The van der Waals surface area contributed by atoms with Gasteiger partial charge in [0.1, 0.15) is 11.2 Å². The van der Waals surface area contributed by atoms with E-state index < -0.39 is 5.97 Å². The molecule has 2 aromatic heterocycles. The lowest BCUT2D eigenvalue weighted by atomic mass is 10.2. The number of fused-ring (bicyclic) bond motifs is 1. The van der Waals surface area contributed by atoms with Gasteiger partial charge >= 0.3 is 5.97 Å². The fourth-order valence-corrected chi connectivity index (χ4v) is 1.57. The Morgan fingerprint density at radius 1 is 1.41 bits per heavy atom. The van der Waals surface area contributed by atoms with Crippen LogP contribution in [0.4, 0.5) is 0 Å². The van der Waals surface area contributed by atoms with Gasteiger partial charge in [0.25, 0.3) is 0 Å². The Bertz CT molecular complexity index is 534. The normalized spacial score (nSPS) is 10.5. The summed E-state index contributed by atoms with van der Waals surface area (Å²) in [6, 6.07) is 3.57. The molecular formula is C12H14N2O3. The number of carbonyl (C=O) groups is 1. The molecule has 17 heavy (non-hydrogen) atoms. The number of ether oxygens (including phenoxy) is 2. The first kappa shape index (κ1) is 11.4. The summed E-state index contributed by atoms with van der Waals surface area (Å²) < 4.78 is 10.3. The van der Waals surface area contributed by atoms with Crippen LogP contribution in [0.25, 0.3) is 11.0 Å². The molecule has 2 aromatic rings. The monoisotopic (exact) mass is 234 g/mol. The number of carbonyl (C=O) groups excluding carboxylic acids is 1. The van der Waals surface area contributed by atoms with E-state index in [1.54, 1.807) is 19.2 Å². The molecule has 0 fully saturated rings. The zero-order chi connectivity index (χ0) is 12.3. The van der Waals surface area contributed by atoms with Crippen molar-refractivity contribution >= 4 is 17.0 Å². The summed E-state index contributed by atoms with van der Waals surface area (Å²) >= 11 is 0. The van der Waals surface area contributed by atoms with Gasteiger partial charge in [-0.05, 0) is 26.0 Å². The van der Waals surface area contributed by atoms with Crippen molar-refractivity contribution in [3.63, 3.8) is 0 Å². The number of rotatable bonds is 4. The highest BCUT2D eigenvalue weighted by Gasteiger charge is 2.16. The second kappa shape index (κ2) is 4.86. The molecule has 0 spiro atoms. The Morgan fingerprint density at radius 2 is 2.24 bits per heavy atom. The van der Waals surface area contributed by atoms with Gasteiger partial charge < -0.3 is 14.5 Å². The molecule has 90 valence electrons. The summed E-state index contributed by atoms with van der Waals surface area (Å²) in [5, 5.41) is 0.858. The number of pyridine rings is 1. The Labute approximate surface area is 98.8 Å². The number of esters is 1. The molecule has 0 amide bonds. The summed E-state index contributed by atoms with van der Waals surface area (Å²) in [6.45, 7) is 4.39. The highest BCUT2D eigenvalue weighted by Crippen LogP contribution is 2.22. The molecule has 0 aliphatic heterocycles. The highest BCUT2D eigenvalue weighted by molar-refractivity contribution is 5.95. The maximum Gasteiger partial charge on any atom is 0.343 e. The zero-order valence-corrected chi connectivity index (χ0v) is 9.82. The van der Waals surface area contributed by atoms with E-state index in [1.165, 1.54) is 0 Å². The van der Waals surface area contributed by atoms with Crippen molar-refractivity contribution in [2.24, 2.45) is 0 Å². The van der Waals surface area contributed by atoms with Gasteiger partial charge in [-0.1, -0.05) is 0 Å². The predicted molar refractivity (Wildman–Crippen MR) is 63.2 cm³/mol. The van der Waals surface area contributed by atoms with Crippen LogP contribution < -0.4 is 4.74 Å². The number of H-pyrrole nitrogens is 1. The molecule has 2 heterocycles. The van der Waals surface area contributed by atoms with Crippen LogP contribution in [-0.2, 0) is 4.74 Å². The quantitative estimate of drug-likeness (QED) is 0.823. The van der Waals surface area contributed by atoms with E-state index in [1.807, 2.05) is 13.0 Å². The number of hydrogen-bond acceptors (Lipinski definition) is 4. The lowest BCUT2D eigenvalue weighted by Gasteiger charge is -2.08. The maximum absolute atomic E-state index is 11.8. The number of hydrogen-bond donors (Lipinski definition) is 1.